The number of urea groups is 1. The van der Waals surface area contributed by atoms with Gasteiger partial charge < -0.3 is 10.2 Å². The summed E-state index contributed by atoms with van der Waals surface area (Å²) in [5.74, 6) is 1.43. The van der Waals surface area contributed by atoms with Crippen molar-refractivity contribution in [3.05, 3.63) is 36.2 Å². The number of carbonyl (C=O) groups excluding carboxylic acids is 1. The second-order valence-electron chi connectivity index (χ2n) is 6.94. The summed E-state index contributed by atoms with van der Waals surface area (Å²) in [4.78, 5) is 18.9. The van der Waals surface area contributed by atoms with Crippen LogP contribution in [-0.2, 0) is 0 Å². The third-order valence-corrected chi connectivity index (χ3v) is 3.85. The van der Waals surface area contributed by atoms with Crippen LogP contribution in [0.1, 0.15) is 45.5 Å². The number of carbonyl (C=O) groups is 1. The van der Waals surface area contributed by atoms with Gasteiger partial charge in [0, 0.05) is 17.6 Å². The van der Waals surface area contributed by atoms with E-state index in [0.717, 1.165) is 30.8 Å². The molecule has 3 rings (SSSR count). The summed E-state index contributed by atoms with van der Waals surface area (Å²) in [6, 6.07) is 9.76. The van der Waals surface area contributed by atoms with E-state index in [0.29, 0.717) is 5.82 Å². The maximum atomic E-state index is 12.5. The normalized spacial score (nSPS) is 18.2. The summed E-state index contributed by atoms with van der Waals surface area (Å²) in [7, 11) is 0. The Bertz CT molecular complexity index is 674. The lowest BCUT2D eigenvalue weighted by molar-refractivity contribution is 0.182. The molecule has 0 unspecified atom stereocenters. The van der Waals surface area contributed by atoms with Gasteiger partial charge in [0.2, 0.25) is 0 Å². The second-order valence-corrected chi connectivity index (χ2v) is 6.94. The van der Waals surface area contributed by atoms with Gasteiger partial charge in [-0.25, -0.2) is 9.78 Å². The molecule has 0 aliphatic carbocycles. The molecule has 0 spiro atoms. The first kappa shape index (κ1) is 15.5. The van der Waals surface area contributed by atoms with E-state index in [1.165, 1.54) is 0 Å². The van der Waals surface area contributed by atoms with Crippen molar-refractivity contribution < 1.29 is 4.79 Å². The van der Waals surface area contributed by atoms with Crippen molar-refractivity contribution in [3.63, 3.8) is 0 Å². The van der Waals surface area contributed by atoms with Gasteiger partial charge in [-0.05, 0) is 33.6 Å². The van der Waals surface area contributed by atoms with Crippen molar-refractivity contribution in [2.75, 3.05) is 6.54 Å². The van der Waals surface area contributed by atoms with Crippen molar-refractivity contribution in [3.8, 4) is 11.4 Å². The number of H-pyrrole nitrogens is 1. The molecule has 6 heteroatoms. The highest BCUT2D eigenvalue weighted by Crippen LogP contribution is 2.31. The van der Waals surface area contributed by atoms with E-state index in [9.17, 15) is 4.79 Å². The number of rotatable bonds is 2. The Labute approximate surface area is 136 Å². The zero-order valence-corrected chi connectivity index (χ0v) is 13.8. The summed E-state index contributed by atoms with van der Waals surface area (Å²) in [6.07, 6.45) is 1.88. The lowest BCUT2D eigenvalue weighted by atomic mass is 10.1. The average molecular weight is 313 g/mol. The fourth-order valence-electron chi connectivity index (χ4n) is 2.83. The summed E-state index contributed by atoms with van der Waals surface area (Å²) in [5, 5.41) is 10.3. The minimum atomic E-state index is -0.249. The molecule has 1 aromatic heterocycles. The van der Waals surface area contributed by atoms with Gasteiger partial charge in [-0.3, -0.25) is 5.10 Å². The van der Waals surface area contributed by atoms with Crippen LogP contribution in [0.5, 0.6) is 0 Å². The van der Waals surface area contributed by atoms with Crippen molar-refractivity contribution in [1.29, 1.82) is 0 Å². The molecule has 2 amide bonds. The number of likely N-dealkylation sites (tertiary alicyclic amines) is 1. The number of hydrogen-bond acceptors (Lipinski definition) is 3. The van der Waals surface area contributed by atoms with Gasteiger partial charge in [0.25, 0.3) is 0 Å². The Morgan fingerprint density at radius 1 is 1.30 bits per heavy atom. The van der Waals surface area contributed by atoms with E-state index >= 15 is 0 Å². The predicted octanol–water partition coefficient (Wildman–Crippen LogP) is 3.12. The molecule has 2 aromatic rings. The fourth-order valence-corrected chi connectivity index (χ4v) is 2.83. The monoisotopic (exact) mass is 313 g/mol. The van der Waals surface area contributed by atoms with Gasteiger partial charge in [0.05, 0.1) is 6.04 Å². The number of nitrogens with zero attached hydrogens (tertiary/aromatic N) is 3. The largest absolute Gasteiger partial charge is 0.333 e. The molecule has 1 aliphatic heterocycles. The van der Waals surface area contributed by atoms with Crippen LogP contribution in [0.2, 0.25) is 0 Å². The van der Waals surface area contributed by atoms with Crippen LogP contribution in [0.25, 0.3) is 11.4 Å². The van der Waals surface area contributed by atoms with Crippen molar-refractivity contribution in [1.82, 2.24) is 25.4 Å². The second kappa shape index (κ2) is 6.02. The first-order valence-electron chi connectivity index (χ1n) is 8.00. The number of aromatic nitrogens is 3. The Balaban J connectivity index is 1.78. The molecule has 6 nitrogen and oxygen atoms in total. The lowest BCUT2D eigenvalue weighted by Crippen LogP contribution is -2.48. The summed E-state index contributed by atoms with van der Waals surface area (Å²) in [5.41, 5.74) is 0.722. The molecular formula is C17H23N5O. The molecule has 1 aliphatic rings. The third-order valence-electron chi connectivity index (χ3n) is 3.85. The smallest absolute Gasteiger partial charge is 0.318 e. The van der Waals surface area contributed by atoms with Gasteiger partial charge in [-0.1, -0.05) is 30.3 Å². The number of nitrogens with one attached hydrogen (secondary N) is 2. The van der Waals surface area contributed by atoms with Crippen LogP contribution in [0, 0.1) is 0 Å². The molecule has 0 saturated carbocycles. The first-order valence-corrected chi connectivity index (χ1v) is 8.00. The quantitative estimate of drug-likeness (QED) is 0.894. The van der Waals surface area contributed by atoms with Gasteiger partial charge >= 0.3 is 6.03 Å². The summed E-state index contributed by atoms with van der Waals surface area (Å²) >= 11 is 0. The SMILES string of the molecule is CC(C)(C)NC(=O)N1CCC[C@@H]1c1nc(-c2ccccc2)n[nH]1. The van der Waals surface area contributed by atoms with Crippen molar-refractivity contribution in [2.24, 2.45) is 0 Å². The van der Waals surface area contributed by atoms with Crippen molar-refractivity contribution >= 4 is 6.03 Å². The van der Waals surface area contributed by atoms with E-state index in [4.69, 9.17) is 0 Å². The van der Waals surface area contributed by atoms with E-state index in [1.807, 2.05) is 56.0 Å². The van der Waals surface area contributed by atoms with Crippen molar-refractivity contribution in [2.45, 2.75) is 45.2 Å². The predicted molar refractivity (Wildman–Crippen MR) is 88.8 cm³/mol. The highest BCUT2D eigenvalue weighted by atomic mass is 16.2. The van der Waals surface area contributed by atoms with E-state index < -0.39 is 0 Å². The third kappa shape index (κ3) is 3.52. The Kier molecular flexibility index (Phi) is 4.07. The maximum Gasteiger partial charge on any atom is 0.318 e. The molecule has 122 valence electrons. The Hall–Kier alpha value is -2.37. The van der Waals surface area contributed by atoms with Gasteiger partial charge in [0.15, 0.2) is 5.82 Å². The molecule has 2 heterocycles. The van der Waals surface area contributed by atoms with Gasteiger partial charge in [-0.2, -0.15) is 5.10 Å². The highest BCUT2D eigenvalue weighted by molar-refractivity contribution is 5.75. The Morgan fingerprint density at radius 3 is 2.74 bits per heavy atom. The molecule has 23 heavy (non-hydrogen) atoms. The van der Waals surface area contributed by atoms with Crippen LogP contribution in [0.4, 0.5) is 4.79 Å². The highest BCUT2D eigenvalue weighted by Gasteiger charge is 2.33. The van der Waals surface area contributed by atoms with E-state index in [1.54, 1.807) is 0 Å². The molecule has 2 N–H and O–H groups in total. The molecule has 1 saturated heterocycles. The van der Waals surface area contributed by atoms with Crippen LogP contribution in [0.3, 0.4) is 0 Å². The number of aromatic amines is 1. The first-order chi connectivity index (χ1) is 10.9. The van der Waals surface area contributed by atoms with Crippen LogP contribution in [-0.4, -0.2) is 38.2 Å². The maximum absolute atomic E-state index is 12.5. The van der Waals surface area contributed by atoms with Crippen LogP contribution < -0.4 is 5.32 Å². The molecule has 1 atom stereocenters. The lowest BCUT2D eigenvalue weighted by Gasteiger charge is -2.28. The van der Waals surface area contributed by atoms with E-state index in [2.05, 4.69) is 20.5 Å². The molecule has 1 fully saturated rings. The van der Waals surface area contributed by atoms with Gasteiger partial charge in [-0.15, -0.1) is 0 Å². The van der Waals surface area contributed by atoms with Gasteiger partial charge in [0.1, 0.15) is 5.82 Å². The average Bonchev–Trinajstić information content (AvgIpc) is 3.15. The molecule has 0 bridgehead atoms. The summed E-state index contributed by atoms with van der Waals surface area (Å²) < 4.78 is 0. The van der Waals surface area contributed by atoms with Crippen LogP contribution in [0.15, 0.2) is 30.3 Å². The Morgan fingerprint density at radius 2 is 2.04 bits per heavy atom. The minimum Gasteiger partial charge on any atom is -0.333 e. The standard InChI is InChI=1S/C17H23N5O/c1-17(2,3)19-16(23)22-11-7-10-13(22)15-18-14(20-21-15)12-8-5-4-6-9-12/h4-6,8-9,13H,7,10-11H2,1-3H3,(H,19,23)(H,18,20,21)/t13-/m1/s1. The summed E-state index contributed by atoms with van der Waals surface area (Å²) in [6.45, 7) is 6.70. The topological polar surface area (TPSA) is 73.9 Å². The molecule has 0 radical (unpaired) electrons. The molecule has 1 aromatic carbocycles. The van der Waals surface area contributed by atoms with E-state index in [-0.39, 0.29) is 17.6 Å². The number of amides is 2. The molecular weight excluding hydrogens is 290 g/mol. The fraction of sp³-hybridized carbons (Fsp3) is 0.471. The zero-order chi connectivity index (χ0) is 16.4. The zero-order valence-electron chi connectivity index (χ0n) is 13.8. The number of hydrogen-bond donors (Lipinski definition) is 2. The van der Waals surface area contributed by atoms with Crippen LogP contribution >= 0.6 is 0 Å². The minimum absolute atomic E-state index is 0.0395. The number of benzene rings is 1.